The van der Waals surface area contributed by atoms with Crippen LogP contribution in [0.5, 0.6) is 5.75 Å². The molecule has 1 heterocycles. The first kappa shape index (κ1) is 14.6. The highest BCUT2D eigenvalue weighted by atomic mass is 32.1. The maximum Gasteiger partial charge on any atom is 0.251 e. The lowest BCUT2D eigenvalue weighted by atomic mass is 10.0. The third kappa shape index (κ3) is 3.39. The molecule has 1 aromatic heterocycles. The molecule has 0 aliphatic heterocycles. The van der Waals surface area contributed by atoms with E-state index in [-0.39, 0.29) is 11.9 Å². The molecule has 0 fully saturated rings. The van der Waals surface area contributed by atoms with Crippen molar-refractivity contribution in [3.8, 4) is 5.75 Å². The summed E-state index contributed by atoms with van der Waals surface area (Å²) in [7, 11) is 1.61. The van der Waals surface area contributed by atoms with E-state index in [2.05, 4.69) is 25.2 Å². The van der Waals surface area contributed by atoms with E-state index in [0.717, 1.165) is 5.75 Å². The third-order valence-electron chi connectivity index (χ3n) is 3.16. The van der Waals surface area contributed by atoms with Gasteiger partial charge in [0.2, 0.25) is 0 Å². The summed E-state index contributed by atoms with van der Waals surface area (Å²) in [5.41, 5.74) is 0.646. The summed E-state index contributed by atoms with van der Waals surface area (Å²) in [5, 5.41) is 5.14. The van der Waals surface area contributed by atoms with Crippen molar-refractivity contribution in [2.75, 3.05) is 7.11 Å². The summed E-state index contributed by atoms with van der Waals surface area (Å²) in [6, 6.07) is 11.3. The van der Waals surface area contributed by atoms with Crippen LogP contribution in [0.25, 0.3) is 0 Å². The predicted molar refractivity (Wildman–Crippen MR) is 82.4 cm³/mol. The van der Waals surface area contributed by atoms with E-state index in [1.165, 1.54) is 4.88 Å². The minimum atomic E-state index is -0.0558. The second-order valence-electron chi connectivity index (χ2n) is 4.94. The molecule has 0 aliphatic rings. The van der Waals surface area contributed by atoms with Crippen LogP contribution in [-0.2, 0) is 0 Å². The SMILES string of the molecule is COc1ccc(C(=O)NC(c2cccs2)C(C)C)cc1. The average Bonchev–Trinajstić information content (AvgIpc) is 2.98. The molecule has 4 heteroatoms. The van der Waals surface area contributed by atoms with Crippen LogP contribution in [0.3, 0.4) is 0 Å². The number of nitrogens with one attached hydrogen (secondary N) is 1. The van der Waals surface area contributed by atoms with Crippen LogP contribution in [0.15, 0.2) is 41.8 Å². The number of hydrogen-bond donors (Lipinski definition) is 1. The minimum absolute atomic E-state index is 0.0459. The molecule has 3 nitrogen and oxygen atoms in total. The van der Waals surface area contributed by atoms with Crippen molar-refractivity contribution in [3.05, 3.63) is 52.2 Å². The maximum atomic E-state index is 12.3. The molecule has 0 radical (unpaired) electrons. The predicted octanol–water partition coefficient (Wildman–Crippen LogP) is 3.88. The van der Waals surface area contributed by atoms with E-state index in [1.54, 1.807) is 42.7 Å². The summed E-state index contributed by atoms with van der Waals surface area (Å²) in [6.07, 6.45) is 0. The molecule has 0 saturated carbocycles. The number of thiophene rings is 1. The highest BCUT2D eigenvalue weighted by molar-refractivity contribution is 7.10. The first-order valence-corrected chi connectivity index (χ1v) is 7.48. The second kappa shape index (κ2) is 6.57. The number of carbonyl (C=O) groups is 1. The Hall–Kier alpha value is -1.81. The zero-order valence-electron chi connectivity index (χ0n) is 11.9. The van der Waals surface area contributed by atoms with Crippen molar-refractivity contribution < 1.29 is 9.53 Å². The Labute approximate surface area is 123 Å². The number of carbonyl (C=O) groups excluding carboxylic acids is 1. The fourth-order valence-corrected chi connectivity index (χ4v) is 2.95. The average molecular weight is 289 g/mol. The van der Waals surface area contributed by atoms with Gasteiger partial charge < -0.3 is 10.1 Å². The van der Waals surface area contributed by atoms with Crippen LogP contribution < -0.4 is 10.1 Å². The van der Waals surface area contributed by atoms with E-state index in [9.17, 15) is 4.79 Å². The maximum absolute atomic E-state index is 12.3. The number of hydrogen-bond acceptors (Lipinski definition) is 3. The summed E-state index contributed by atoms with van der Waals surface area (Å²) in [6.45, 7) is 4.22. The Balaban J connectivity index is 2.12. The number of ether oxygens (including phenoxy) is 1. The van der Waals surface area contributed by atoms with Gasteiger partial charge >= 0.3 is 0 Å². The van der Waals surface area contributed by atoms with Crippen molar-refractivity contribution in [1.29, 1.82) is 0 Å². The third-order valence-corrected chi connectivity index (χ3v) is 4.11. The van der Waals surface area contributed by atoms with Gasteiger partial charge in [-0.05, 0) is 41.6 Å². The molecule has 0 aliphatic carbocycles. The minimum Gasteiger partial charge on any atom is -0.497 e. The van der Waals surface area contributed by atoms with Crippen molar-refractivity contribution >= 4 is 17.2 Å². The molecule has 1 amide bonds. The van der Waals surface area contributed by atoms with Gasteiger partial charge in [-0.1, -0.05) is 19.9 Å². The molecule has 20 heavy (non-hydrogen) atoms. The first-order valence-electron chi connectivity index (χ1n) is 6.60. The standard InChI is InChI=1S/C16H19NO2S/c1-11(2)15(14-5-4-10-20-14)17-16(18)12-6-8-13(19-3)9-7-12/h4-11,15H,1-3H3,(H,17,18). The zero-order chi connectivity index (χ0) is 14.5. The Morgan fingerprint density at radius 1 is 1.20 bits per heavy atom. The fourth-order valence-electron chi connectivity index (χ4n) is 2.00. The Morgan fingerprint density at radius 2 is 1.90 bits per heavy atom. The lowest BCUT2D eigenvalue weighted by Crippen LogP contribution is -2.31. The second-order valence-corrected chi connectivity index (χ2v) is 5.92. The Morgan fingerprint density at radius 3 is 2.40 bits per heavy atom. The molecular formula is C16H19NO2S. The van der Waals surface area contributed by atoms with Crippen LogP contribution in [0.1, 0.15) is 35.1 Å². The summed E-state index contributed by atoms with van der Waals surface area (Å²) in [4.78, 5) is 13.5. The molecule has 1 aromatic carbocycles. The summed E-state index contributed by atoms with van der Waals surface area (Å²) < 4.78 is 5.10. The zero-order valence-corrected chi connectivity index (χ0v) is 12.7. The van der Waals surface area contributed by atoms with Crippen LogP contribution in [0, 0.1) is 5.92 Å². The molecule has 0 bridgehead atoms. The molecule has 2 aromatic rings. The fraction of sp³-hybridized carbons (Fsp3) is 0.312. The molecule has 106 valence electrons. The van der Waals surface area contributed by atoms with Crippen molar-refractivity contribution in [2.24, 2.45) is 5.92 Å². The molecule has 1 unspecified atom stereocenters. The van der Waals surface area contributed by atoms with Gasteiger partial charge in [0.1, 0.15) is 5.75 Å². The molecule has 2 rings (SSSR count). The largest absolute Gasteiger partial charge is 0.497 e. The number of benzene rings is 1. The van der Waals surface area contributed by atoms with Crippen LogP contribution >= 0.6 is 11.3 Å². The van der Waals surface area contributed by atoms with E-state index >= 15 is 0 Å². The summed E-state index contributed by atoms with van der Waals surface area (Å²) in [5.74, 6) is 1.04. The van der Waals surface area contributed by atoms with Crippen LogP contribution in [0.2, 0.25) is 0 Å². The summed E-state index contributed by atoms with van der Waals surface area (Å²) >= 11 is 1.67. The van der Waals surface area contributed by atoms with Crippen molar-refractivity contribution in [2.45, 2.75) is 19.9 Å². The highest BCUT2D eigenvalue weighted by Crippen LogP contribution is 2.26. The molecule has 1 atom stereocenters. The van der Waals surface area contributed by atoms with E-state index in [1.807, 2.05) is 11.4 Å². The van der Waals surface area contributed by atoms with Gasteiger partial charge in [0.05, 0.1) is 13.2 Å². The molecular weight excluding hydrogens is 270 g/mol. The molecule has 1 N–H and O–H groups in total. The Bertz CT molecular complexity index is 546. The van der Waals surface area contributed by atoms with Gasteiger partial charge in [-0.25, -0.2) is 0 Å². The molecule has 0 spiro atoms. The van der Waals surface area contributed by atoms with Gasteiger partial charge in [0.15, 0.2) is 0 Å². The number of methoxy groups -OCH3 is 1. The van der Waals surface area contributed by atoms with Crippen LogP contribution in [0.4, 0.5) is 0 Å². The number of amides is 1. The van der Waals surface area contributed by atoms with Gasteiger partial charge in [-0.3, -0.25) is 4.79 Å². The van der Waals surface area contributed by atoms with Crippen molar-refractivity contribution in [1.82, 2.24) is 5.32 Å². The quantitative estimate of drug-likeness (QED) is 0.907. The lowest BCUT2D eigenvalue weighted by Gasteiger charge is -2.21. The van der Waals surface area contributed by atoms with Crippen LogP contribution in [-0.4, -0.2) is 13.0 Å². The van der Waals surface area contributed by atoms with E-state index < -0.39 is 0 Å². The van der Waals surface area contributed by atoms with Gasteiger partial charge in [-0.2, -0.15) is 0 Å². The smallest absolute Gasteiger partial charge is 0.251 e. The van der Waals surface area contributed by atoms with Gasteiger partial charge in [0.25, 0.3) is 5.91 Å². The van der Waals surface area contributed by atoms with Gasteiger partial charge in [-0.15, -0.1) is 11.3 Å². The molecule has 0 saturated heterocycles. The Kier molecular flexibility index (Phi) is 4.79. The van der Waals surface area contributed by atoms with E-state index in [4.69, 9.17) is 4.74 Å². The van der Waals surface area contributed by atoms with Crippen molar-refractivity contribution in [3.63, 3.8) is 0 Å². The van der Waals surface area contributed by atoms with Gasteiger partial charge in [0, 0.05) is 10.4 Å². The lowest BCUT2D eigenvalue weighted by molar-refractivity contribution is 0.0926. The normalized spacial score (nSPS) is 12.2. The number of rotatable bonds is 5. The van der Waals surface area contributed by atoms with E-state index in [0.29, 0.717) is 11.5 Å². The monoisotopic (exact) mass is 289 g/mol. The topological polar surface area (TPSA) is 38.3 Å². The highest BCUT2D eigenvalue weighted by Gasteiger charge is 2.19. The first-order chi connectivity index (χ1) is 9.61.